The molecule has 0 bridgehead atoms. The van der Waals surface area contributed by atoms with Gasteiger partial charge in [-0.2, -0.15) is 5.10 Å². The number of rotatable bonds is 2. The molecule has 0 fully saturated rings. The Kier molecular flexibility index (Phi) is 2.48. The fourth-order valence-electron chi connectivity index (χ4n) is 2.15. The molecule has 4 nitrogen and oxygen atoms in total. The molecule has 0 aliphatic carbocycles. The molecular formula is C14H13N3O. The van der Waals surface area contributed by atoms with Gasteiger partial charge in [-0.1, -0.05) is 30.3 Å². The summed E-state index contributed by atoms with van der Waals surface area (Å²) in [6.07, 6.45) is 3.38. The van der Waals surface area contributed by atoms with Crippen LogP contribution in [0.3, 0.4) is 0 Å². The second-order valence-corrected chi connectivity index (χ2v) is 4.31. The van der Waals surface area contributed by atoms with E-state index in [9.17, 15) is 4.79 Å². The van der Waals surface area contributed by atoms with Crippen molar-refractivity contribution in [3.05, 3.63) is 64.7 Å². The van der Waals surface area contributed by atoms with E-state index in [1.54, 1.807) is 17.0 Å². The Morgan fingerprint density at radius 1 is 1.22 bits per heavy atom. The highest BCUT2D eigenvalue weighted by Gasteiger charge is 2.11. The maximum absolute atomic E-state index is 12.3. The molecule has 1 N–H and O–H groups in total. The van der Waals surface area contributed by atoms with Gasteiger partial charge in [-0.05, 0) is 18.6 Å². The molecule has 0 saturated heterocycles. The average molecular weight is 239 g/mol. The van der Waals surface area contributed by atoms with Gasteiger partial charge < -0.3 is 4.57 Å². The molecule has 0 spiro atoms. The zero-order valence-electron chi connectivity index (χ0n) is 10.00. The van der Waals surface area contributed by atoms with Crippen molar-refractivity contribution in [1.82, 2.24) is 14.8 Å². The van der Waals surface area contributed by atoms with Crippen molar-refractivity contribution in [1.29, 1.82) is 0 Å². The van der Waals surface area contributed by atoms with Gasteiger partial charge in [0.05, 0.1) is 23.1 Å². The molecule has 90 valence electrons. The van der Waals surface area contributed by atoms with Crippen LogP contribution in [0.1, 0.15) is 18.5 Å². The van der Waals surface area contributed by atoms with Gasteiger partial charge in [0.2, 0.25) is 0 Å². The lowest BCUT2D eigenvalue weighted by Gasteiger charge is -2.15. The molecule has 0 aliphatic rings. The zero-order valence-corrected chi connectivity index (χ0v) is 10.00. The van der Waals surface area contributed by atoms with E-state index in [0.717, 1.165) is 11.1 Å². The van der Waals surface area contributed by atoms with Crippen LogP contribution in [-0.2, 0) is 0 Å². The van der Waals surface area contributed by atoms with Gasteiger partial charge in [0.25, 0.3) is 5.56 Å². The predicted molar refractivity (Wildman–Crippen MR) is 70.6 cm³/mol. The number of nitrogens with zero attached hydrogens (tertiary/aromatic N) is 2. The molecule has 2 aromatic heterocycles. The first-order chi connectivity index (χ1) is 8.77. The smallest absolute Gasteiger partial charge is 0.262 e. The fourth-order valence-corrected chi connectivity index (χ4v) is 2.15. The van der Waals surface area contributed by atoms with Crippen LogP contribution in [0, 0.1) is 0 Å². The van der Waals surface area contributed by atoms with Crippen LogP contribution in [0.5, 0.6) is 0 Å². The summed E-state index contributed by atoms with van der Waals surface area (Å²) < 4.78 is 1.73. The number of hydrogen-bond acceptors (Lipinski definition) is 2. The highest BCUT2D eigenvalue weighted by atomic mass is 16.1. The number of aromatic amines is 1. The summed E-state index contributed by atoms with van der Waals surface area (Å²) in [7, 11) is 0. The molecule has 3 aromatic rings. The van der Waals surface area contributed by atoms with Crippen molar-refractivity contribution in [2.45, 2.75) is 13.0 Å². The van der Waals surface area contributed by atoms with E-state index in [2.05, 4.69) is 10.2 Å². The Bertz CT molecular complexity index is 727. The maximum atomic E-state index is 12.3. The van der Waals surface area contributed by atoms with E-state index in [4.69, 9.17) is 0 Å². The summed E-state index contributed by atoms with van der Waals surface area (Å²) in [6.45, 7) is 2.02. The first kappa shape index (κ1) is 10.8. The molecule has 0 amide bonds. The minimum absolute atomic E-state index is 0.0120. The highest BCUT2D eigenvalue weighted by Crippen LogP contribution is 2.16. The first-order valence-corrected chi connectivity index (χ1v) is 5.86. The van der Waals surface area contributed by atoms with Gasteiger partial charge >= 0.3 is 0 Å². The Balaban J connectivity index is 2.15. The van der Waals surface area contributed by atoms with Crippen molar-refractivity contribution < 1.29 is 0 Å². The summed E-state index contributed by atoms with van der Waals surface area (Å²) in [5.41, 5.74) is 1.87. The summed E-state index contributed by atoms with van der Waals surface area (Å²) in [5, 5.41) is 7.33. The van der Waals surface area contributed by atoms with Crippen LogP contribution in [0.15, 0.2) is 53.6 Å². The molecule has 1 atom stereocenters. The van der Waals surface area contributed by atoms with Crippen LogP contribution in [0.2, 0.25) is 0 Å². The van der Waals surface area contributed by atoms with Crippen LogP contribution >= 0.6 is 0 Å². The van der Waals surface area contributed by atoms with Crippen molar-refractivity contribution in [3.8, 4) is 0 Å². The SMILES string of the molecule is CC(c1ccccc1)n1ccc2[nH]ncc2c1=O. The van der Waals surface area contributed by atoms with Crippen LogP contribution in [0.4, 0.5) is 0 Å². The van der Waals surface area contributed by atoms with Gasteiger partial charge in [0.1, 0.15) is 0 Å². The zero-order chi connectivity index (χ0) is 12.5. The minimum Gasteiger partial charge on any atom is -0.308 e. The van der Waals surface area contributed by atoms with E-state index in [1.807, 2.05) is 43.3 Å². The molecule has 2 heterocycles. The standard InChI is InChI=1S/C14H13N3O/c1-10(11-5-3-2-4-6-11)17-8-7-13-12(14(17)18)9-15-16-13/h2-10H,1H3,(H,15,16). The lowest BCUT2D eigenvalue weighted by Crippen LogP contribution is -2.23. The van der Waals surface area contributed by atoms with E-state index < -0.39 is 0 Å². The maximum Gasteiger partial charge on any atom is 0.262 e. The third-order valence-corrected chi connectivity index (χ3v) is 3.23. The third-order valence-electron chi connectivity index (χ3n) is 3.23. The van der Waals surface area contributed by atoms with Gasteiger partial charge in [-0.3, -0.25) is 9.89 Å². The van der Waals surface area contributed by atoms with E-state index in [-0.39, 0.29) is 11.6 Å². The Labute approximate surface area is 104 Å². The number of benzene rings is 1. The van der Waals surface area contributed by atoms with Crippen molar-refractivity contribution >= 4 is 10.9 Å². The van der Waals surface area contributed by atoms with Crippen LogP contribution in [0.25, 0.3) is 10.9 Å². The Morgan fingerprint density at radius 2 is 2.00 bits per heavy atom. The van der Waals surface area contributed by atoms with Gasteiger partial charge in [-0.15, -0.1) is 0 Å². The lowest BCUT2D eigenvalue weighted by molar-refractivity contribution is 0.619. The number of hydrogen-bond donors (Lipinski definition) is 1. The molecule has 18 heavy (non-hydrogen) atoms. The monoisotopic (exact) mass is 239 g/mol. The summed E-state index contributed by atoms with van der Waals surface area (Å²) in [5.74, 6) is 0. The summed E-state index contributed by atoms with van der Waals surface area (Å²) in [6, 6.07) is 11.9. The molecule has 0 radical (unpaired) electrons. The number of nitrogens with one attached hydrogen (secondary N) is 1. The minimum atomic E-state index is -0.0161. The molecule has 4 heteroatoms. The Morgan fingerprint density at radius 3 is 2.78 bits per heavy atom. The van der Waals surface area contributed by atoms with Crippen LogP contribution in [-0.4, -0.2) is 14.8 Å². The van der Waals surface area contributed by atoms with Gasteiger partial charge in [-0.25, -0.2) is 0 Å². The molecule has 0 saturated carbocycles. The third kappa shape index (κ3) is 1.62. The molecular weight excluding hydrogens is 226 g/mol. The number of fused-ring (bicyclic) bond motifs is 1. The average Bonchev–Trinajstić information content (AvgIpc) is 2.89. The summed E-state index contributed by atoms with van der Waals surface area (Å²) >= 11 is 0. The van der Waals surface area contributed by atoms with Crippen LogP contribution < -0.4 is 5.56 Å². The van der Waals surface area contributed by atoms with Gasteiger partial charge in [0.15, 0.2) is 0 Å². The number of H-pyrrole nitrogens is 1. The molecule has 0 aliphatic heterocycles. The molecule has 1 unspecified atom stereocenters. The fraction of sp³-hybridized carbons (Fsp3) is 0.143. The predicted octanol–water partition coefficient (Wildman–Crippen LogP) is 2.33. The van der Waals surface area contributed by atoms with E-state index in [0.29, 0.717) is 5.39 Å². The first-order valence-electron chi connectivity index (χ1n) is 5.86. The second-order valence-electron chi connectivity index (χ2n) is 4.31. The second kappa shape index (κ2) is 4.14. The Hall–Kier alpha value is -2.36. The highest BCUT2D eigenvalue weighted by molar-refractivity contribution is 5.76. The molecule has 1 aromatic carbocycles. The number of aromatic nitrogens is 3. The van der Waals surface area contributed by atoms with Gasteiger partial charge in [0, 0.05) is 6.20 Å². The van der Waals surface area contributed by atoms with E-state index in [1.165, 1.54) is 0 Å². The quantitative estimate of drug-likeness (QED) is 0.746. The van der Waals surface area contributed by atoms with Crippen molar-refractivity contribution in [2.75, 3.05) is 0 Å². The van der Waals surface area contributed by atoms with Crippen molar-refractivity contribution in [3.63, 3.8) is 0 Å². The largest absolute Gasteiger partial charge is 0.308 e. The normalized spacial score (nSPS) is 12.7. The van der Waals surface area contributed by atoms with Crippen molar-refractivity contribution in [2.24, 2.45) is 0 Å². The number of pyridine rings is 1. The molecule has 3 rings (SSSR count). The summed E-state index contributed by atoms with van der Waals surface area (Å²) in [4.78, 5) is 12.3. The topological polar surface area (TPSA) is 50.7 Å². The van der Waals surface area contributed by atoms with E-state index >= 15 is 0 Å². The lowest BCUT2D eigenvalue weighted by atomic mass is 10.1.